The molecule has 0 amide bonds. The number of nitrogens with one attached hydrogen (secondary N) is 1. The van der Waals surface area contributed by atoms with Gasteiger partial charge >= 0.3 is 0 Å². The van der Waals surface area contributed by atoms with Crippen LogP contribution in [0.4, 0.5) is 0 Å². The number of hydrogen-bond donors (Lipinski definition) is 1. The van der Waals surface area contributed by atoms with Gasteiger partial charge in [-0.25, -0.2) is 13.1 Å². The van der Waals surface area contributed by atoms with Gasteiger partial charge in [0.1, 0.15) is 0 Å². The quantitative estimate of drug-likeness (QED) is 0.786. The van der Waals surface area contributed by atoms with Gasteiger partial charge in [-0.3, -0.25) is 0 Å². The molecule has 3 rings (SSSR count). The van der Waals surface area contributed by atoms with Crippen LogP contribution in [-0.4, -0.2) is 8.42 Å². The summed E-state index contributed by atoms with van der Waals surface area (Å²) in [5.74, 6) is -0.103. The van der Waals surface area contributed by atoms with E-state index in [9.17, 15) is 8.42 Å². The van der Waals surface area contributed by atoms with Crippen LogP contribution in [-0.2, 0) is 28.6 Å². The summed E-state index contributed by atoms with van der Waals surface area (Å²) in [5, 5.41) is 0.481. The van der Waals surface area contributed by atoms with E-state index in [0.29, 0.717) is 17.0 Å². The molecule has 0 aliphatic heterocycles. The maximum Gasteiger partial charge on any atom is 0.216 e. The monoisotopic (exact) mass is 377 g/mol. The van der Waals surface area contributed by atoms with E-state index >= 15 is 0 Å². The minimum atomic E-state index is -3.47. The fourth-order valence-corrected chi connectivity index (χ4v) is 5.20. The minimum absolute atomic E-state index is 0.103. The van der Waals surface area contributed by atoms with Gasteiger partial charge < -0.3 is 0 Å². The largest absolute Gasteiger partial charge is 0.216 e. The van der Waals surface area contributed by atoms with Crippen LogP contribution in [0.1, 0.15) is 54.5 Å². The molecule has 2 aromatic carbocycles. The highest BCUT2D eigenvalue weighted by atomic mass is 35.5. The van der Waals surface area contributed by atoms with Crippen molar-refractivity contribution in [3.05, 3.63) is 69.7 Å². The van der Waals surface area contributed by atoms with Crippen molar-refractivity contribution >= 4 is 21.6 Å². The summed E-state index contributed by atoms with van der Waals surface area (Å²) in [6.07, 6.45) is 5.39. The standard InChI is InChI=1S/C20H24ClNO2S/c1-2-20(17-12-11-15-7-3-4-8-16(15)13-17)22-25(23,24)14-18-9-5-6-10-19(18)21/h5-6,9-13,20,22H,2-4,7-8,14H2,1H3/t20-/m1/s1. The normalized spacial score (nSPS) is 15.6. The Kier molecular flexibility index (Phi) is 5.82. The average molecular weight is 378 g/mol. The number of halogens is 1. The molecule has 0 bridgehead atoms. The molecule has 0 heterocycles. The van der Waals surface area contributed by atoms with Crippen LogP contribution in [0.3, 0.4) is 0 Å². The first-order valence-electron chi connectivity index (χ1n) is 8.83. The highest BCUT2D eigenvalue weighted by Crippen LogP contribution is 2.27. The van der Waals surface area contributed by atoms with E-state index in [-0.39, 0.29) is 11.8 Å². The van der Waals surface area contributed by atoms with Gasteiger partial charge in [0, 0.05) is 11.1 Å². The molecule has 0 saturated carbocycles. The molecule has 0 fully saturated rings. The lowest BCUT2D eigenvalue weighted by Crippen LogP contribution is -2.29. The number of benzene rings is 2. The van der Waals surface area contributed by atoms with Crippen molar-refractivity contribution in [3.8, 4) is 0 Å². The zero-order chi connectivity index (χ0) is 17.9. The van der Waals surface area contributed by atoms with Gasteiger partial charge in [0.15, 0.2) is 0 Å². The van der Waals surface area contributed by atoms with Crippen LogP contribution in [0, 0.1) is 0 Å². The Balaban J connectivity index is 1.78. The second-order valence-electron chi connectivity index (χ2n) is 6.66. The third kappa shape index (κ3) is 4.63. The van der Waals surface area contributed by atoms with Crippen LogP contribution in [0.5, 0.6) is 0 Å². The molecular weight excluding hydrogens is 354 g/mol. The maximum atomic E-state index is 12.6. The van der Waals surface area contributed by atoms with Gasteiger partial charge in [0.05, 0.1) is 5.75 Å². The number of fused-ring (bicyclic) bond motifs is 1. The highest BCUT2D eigenvalue weighted by molar-refractivity contribution is 7.88. The highest BCUT2D eigenvalue weighted by Gasteiger charge is 2.21. The zero-order valence-electron chi connectivity index (χ0n) is 14.5. The van der Waals surface area contributed by atoms with E-state index in [4.69, 9.17) is 11.6 Å². The number of sulfonamides is 1. The third-order valence-electron chi connectivity index (χ3n) is 4.81. The third-order valence-corrected chi connectivity index (χ3v) is 6.51. The summed E-state index contributed by atoms with van der Waals surface area (Å²) in [6.45, 7) is 2.00. The molecule has 0 unspecified atom stereocenters. The van der Waals surface area contributed by atoms with Crippen LogP contribution >= 0.6 is 11.6 Å². The van der Waals surface area contributed by atoms with Gasteiger partial charge in [0.25, 0.3) is 0 Å². The first kappa shape index (κ1) is 18.4. The summed E-state index contributed by atoms with van der Waals surface area (Å²) < 4.78 is 28.1. The molecule has 1 atom stereocenters. The van der Waals surface area contributed by atoms with E-state index in [2.05, 4.69) is 22.9 Å². The predicted octanol–water partition coefficient (Wildman–Crippen LogP) is 4.79. The Morgan fingerprint density at radius 1 is 1.08 bits per heavy atom. The molecule has 1 N–H and O–H groups in total. The lowest BCUT2D eigenvalue weighted by molar-refractivity contribution is 0.548. The minimum Gasteiger partial charge on any atom is -0.212 e. The lowest BCUT2D eigenvalue weighted by atomic mass is 9.89. The van der Waals surface area contributed by atoms with E-state index in [0.717, 1.165) is 18.4 Å². The van der Waals surface area contributed by atoms with Gasteiger partial charge in [-0.05, 0) is 60.4 Å². The number of hydrogen-bond acceptors (Lipinski definition) is 2. The Hall–Kier alpha value is -1.36. The van der Waals surface area contributed by atoms with E-state index < -0.39 is 10.0 Å². The second kappa shape index (κ2) is 7.90. The molecule has 0 radical (unpaired) electrons. The predicted molar refractivity (Wildman–Crippen MR) is 103 cm³/mol. The van der Waals surface area contributed by atoms with E-state index in [1.807, 2.05) is 6.92 Å². The van der Waals surface area contributed by atoms with Gasteiger partial charge in [0.2, 0.25) is 10.0 Å². The van der Waals surface area contributed by atoms with Gasteiger partial charge in [-0.15, -0.1) is 0 Å². The van der Waals surface area contributed by atoms with Crippen molar-refractivity contribution in [2.24, 2.45) is 0 Å². The van der Waals surface area contributed by atoms with Crippen LogP contribution < -0.4 is 4.72 Å². The second-order valence-corrected chi connectivity index (χ2v) is 8.83. The smallest absolute Gasteiger partial charge is 0.212 e. The van der Waals surface area contributed by atoms with Gasteiger partial charge in [-0.1, -0.05) is 54.9 Å². The van der Waals surface area contributed by atoms with Crippen molar-refractivity contribution in [1.82, 2.24) is 4.72 Å². The molecule has 25 heavy (non-hydrogen) atoms. The molecule has 0 spiro atoms. The maximum absolute atomic E-state index is 12.6. The Bertz CT molecular complexity index is 849. The molecule has 0 aromatic heterocycles. The van der Waals surface area contributed by atoms with Crippen LogP contribution in [0.15, 0.2) is 42.5 Å². The molecule has 5 heteroatoms. The zero-order valence-corrected chi connectivity index (χ0v) is 16.0. The molecule has 1 aliphatic rings. The summed E-state index contributed by atoms with van der Waals surface area (Å²) in [7, 11) is -3.47. The van der Waals surface area contributed by atoms with E-state index in [1.165, 1.54) is 24.0 Å². The van der Waals surface area contributed by atoms with Crippen molar-refractivity contribution in [2.45, 2.75) is 50.8 Å². The Morgan fingerprint density at radius 2 is 1.80 bits per heavy atom. The van der Waals surface area contributed by atoms with Crippen LogP contribution in [0.2, 0.25) is 5.02 Å². The molecule has 3 nitrogen and oxygen atoms in total. The Labute approximate surface area is 155 Å². The fraction of sp³-hybridized carbons (Fsp3) is 0.400. The van der Waals surface area contributed by atoms with Gasteiger partial charge in [-0.2, -0.15) is 0 Å². The molecular formula is C20H24ClNO2S. The lowest BCUT2D eigenvalue weighted by Gasteiger charge is -2.22. The van der Waals surface area contributed by atoms with Crippen molar-refractivity contribution in [1.29, 1.82) is 0 Å². The summed E-state index contributed by atoms with van der Waals surface area (Å²) in [6, 6.07) is 13.3. The summed E-state index contributed by atoms with van der Waals surface area (Å²) in [5.41, 5.74) is 4.44. The molecule has 134 valence electrons. The van der Waals surface area contributed by atoms with Crippen LogP contribution in [0.25, 0.3) is 0 Å². The number of aryl methyl sites for hydroxylation is 2. The first-order valence-corrected chi connectivity index (χ1v) is 10.9. The fourth-order valence-electron chi connectivity index (χ4n) is 3.44. The molecule has 1 aliphatic carbocycles. The average Bonchev–Trinajstić information content (AvgIpc) is 2.61. The van der Waals surface area contributed by atoms with Crippen molar-refractivity contribution < 1.29 is 8.42 Å². The Morgan fingerprint density at radius 3 is 2.52 bits per heavy atom. The molecule has 0 saturated heterocycles. The molecule has 2 aromatic rings. The SMILES string of the molecule is CC[C@@H](NS(=O)(=O)Cc1ccccc1Cl)c1ccc2c(c1)CCCC2. The summed E-state index contributed by atoms with van der Waals surface area (Å²) in [4.78, 5) is 0. The van der Waals surface area contributed by atoms with E-state index in [1.54, 1.807) is 24.3 Å². The topological polar surface area (TPSA) is 46.2 Å². The van der Waals surface area contributed by atoms with Crippen molar-refractivity contribution in [3.63, 3.8) is 0 Å². The first-order chi connectivity index (χ1) is 12.0. The van der Waals surface area contributed by atoms with Crippen molar-refractivity contribution in [2.75, 3.05) is 0 Å². The summed E-state index contributed by atoms with van der Waals surface area (Å²) >= 11 is 6.10. The number of rotatable bonds is 6.